The minimum absolute atomic E-state index is 0.112. The van der Waals surface area contributed by atoms with Gasteiger partial charge in [-0.15, -0.1) is 11.3 Å². The fourth-order valence-corrected chi connectivity index (χ4v) is 4.07. The van der Waals surface area contributed by atoms with Crippen LogP contribution < -0.4 is 5.73 Å². The second-order valence-corrected chi connectivity index (χ2v) is 7.38. The molecule has 1 aliphatic rings. The molecule has 116 valence electrons. The Bertz CT molecular complexity index is 685. The summed E-state index contributed by atoms with van der Waals surface area (Å²) < 4.78 is 0. The predicted molar refractivity (Wildman–Crippen MR) is 92.4 cm³/mol. The Morgan fingerprint density at radius 2 is 2.18 bits per heavy atom. The van der Waals surface area contributed by atoms with E-state index in [0.29, 0.717) is 23.4 Å². The van der Waals surface area contributed by atoms with Gasteiger partial charge in [-0.3, -0.25) is 4.79 Å². The van der Waals surface area contributed by atoms with Gasteiger partial charge in [-0.1, -0.05) is 30.7 Å². The summed E-state index contributed by atoms with van der Waals surface area (Å²) in [6.07, 6.45) is 0. The van der Waals surface area contributed by atoms with Crippen LogP contribution in [-0.4, -0.2) is 30.4 Å². The van der Waals surface area contributed by atoms with Crippen LogP contribution in [0.2, 0.25) is 5.02 Å². The van der Waals surface area contributed by atoms with Crippen molar-refractivity contribution in [3.8, 4) is 10.4 Å². The fourth-order valence-electron chi connectivity index (χ4n) is 2.91. The first-order chi connectivity index (χ1) is 10.6. The summed E-state index contributed by atoms with van der Waals surface area (Å²) in [6, 6.07) is 11.6. The van der Waals surface area contributed by atoms with E-state index in [1.165, 1.54) is 11.3 Å². The van der Waals surface area contributed by atoms with Gasteiger partial charge < -0.3 is 10.6 Å². The number of hydrogen-bond acceptors (Lipinski definition) is 3. The number of rotatable bonds is 3. The number of nitrogens with zero attached hydrogens (tertiary/aromatic N) is 1. The van der Waals surface area contributed by atoms with Crippen molar-refractivity contribution >= 4 is 28.8 Å². The minimum Gasteiger partial charge on any atom is -0.337 e. The minimum atomic E-state index is 0.112. The lowest BCUT2D eigenvalue weighted by molar-refractivity contribution is 0.0789. The molecule has 1 saturated heterocycles. The van der Waals surface area contributed by atoms with Crippen LogP contribution in [-0.2, 0) is 0 Å². The van der Waals surface area contributed by atoms with Gasteiger partial charge in [0.15, 0.2) is 0 Å². The lowest BCUT2D eigenvalue weighted by Crippen LogP contribution is -2.29. The van der Waals surface area contributed by atoms with Gasteiger partial charge in [0.25, 0.3) is 5.91 Å². The molecule has 1 fully saturated rings. The molecule has 0 bridgehead atoms. The van der Waals surface area contributed by atoms with Gasteiger partial charge in [0.2, 0.25) is 0 Å². The van der Waals surface area contributed by atoms with Crippen LogP contribution in [0, 0.1) is 11.8 Å². The Hall–Kier alpha value is -1.36. The van der Waals surface area contributed by atoms with Gasteiger partial charge in [0.1, 0.15) is 0 Å². The number of carbonyl (C=O) groups excluding carboxylic acids is 1. The van der Waals surface area contributed by atoms with Crippen molar-refractivity contribution in [1.82, 2.24) is 4.90 Å². The Balaban J connectivity index is 1.78. The van der Waals surface area contributed by atoms with E-state index in [1.54, 1.807) is 0 Å². The smallest absolute Gasteiger partial charge is 0.263 e. The van der Waals surface area contributed by atoms with Crippen LogP contribution in [0.4, 0.5) is 0 Å². The molecule has 1 aliphatic heterocycles. The van der Waals surface area contributed by atoms with E-state index >= 15 is 0 Å². The molecule has 0 spiro atoms. The monoisotopic (exact) mass is 334 g/mol. The number of halogens is 1. The molecule has 1 amide bonds. The van der Waals surface area contributed by atoms with E-state index in [2.05, 4.69) is 6.92 Å². The number of benzene rings is 1. The van der Waals surface area contributed by atoms with Gasteiger partial charge in [0.05, 0.1) is 4.88 Å². The van der Waals surface area contributed by atoms with Crippen molar-refractivity contribution in [2.24, 2.45) is 17.6 Å². The first-order valence-electron chi connectivity index (χ1n) is 7.43. The summed E-state index contributed by atoms with van der Waals surface area (Å²) in [5.41, 5.74) is 6.82. The number of hydrogen-bond donors (Lipinski definition) is 1. The van der Waals surface area contributed by atoms with Crippen LogP contribution in [0.1, 0.15) is 16.6 Å². The molecule has 3 nitrogen and oxygen atoms in total. The number of likely N-dealkylation sites (tertiary alicyclic amines) is 1. The molecule has 2 unspecified atom stereocenters. The summed E-state index contributed by atoms with van der Waals surface area (Å²) in [6.45, 7) is 4.37. The average Bonchev–Trinajstić information content (AvgIpc) is 3.13. The van der Waals surface area contributed by atoms with E-state index in [9.17, 15) is 4.79 Å². The molecule has 3 rings (SSSR count). The molecule has 0 saturated carbocycles. The first kappa shape index (κ1) is 15.5. The van der Waals surface area contributed by atoms with Gasteiger partial charge in [-0.05, 0) is 48.2 Å². The average molecular weight is 335 g/mol. The quantitative estimate of drug-likeness (QED) is 0.929. The van der Waals surface area contributed by atoms with Crippen LogP contribution >= 0.6 is 22.9 Å². The van der Waals surface area contributed by atoms with Crippen molar-refractivity contribution in [2.45, 2.75) is 6.92 Å². The summed E-state index contributed by atoms with van der Waals surface area (Å²) in [5, 5.41) is 0.706. The standard InChI is InChI=1S/C17H19ClN2OS/c1-11-9-20(10-13(11)8-19)17(21)16-6-5-15(22-16)12-3-2-4-14(18)7-12/h2-7,11,13H,8-10,19H2,1H3. The van der Waals surface area contributed by atoms with Crippen molar-refractivity contribution in [3.05, 3.63) is 46.3 Å². The Morgan fingerprint density at radius 1 is 1.36 bits per heavy atom. The number of amides is 1. The van der Waals surface area contributed by atoms with E-state index in [-0.39, 0.29) is 5.91 Å². The number of nitrogens with two attached hydrogens (primary N) is 1. The lowest BCUT2D eigenvalue weighted by atomic mass is 9.99. The Kier molecular flexibility index (Phi) is 4.52. The third kappa shape index (κ3) is 3.05. The zero-order valence-electron chi connectivity index (χ0n) is 12.5. The maximum absolute atomic E-state index is 12.6. The fraction of sp³-hybridized carbons (Fsp3) is 0.353. The van der Waals surface area contributed by atoms with Gasteiger partial charge in [0, 0.05) is 23.0 Å². The summed E-state index contributed by atoms with van der Waals surface area (Å²) in [4.78, 5) is 16.4. The third-order valence-electron chi connectivity index (χ3n) is 4.28. The van der Waals surface area contributed by atoms with Crippen molar-refractivity contribution < 1.29 is 4.79 Å². The molecule has 0 aliphatic carbocycles. The van der Waals surface area contributed by atoms with Crippen LogP contribution in [0.3, 0.4) is 0 Å². The largest absolute Gasteiger partial charge is 0.337 e. The van der Waals surface area contributed by atoms with E-state index in [1.807, 2.05) is 41.3 Å². The highest BCUT2D eigenvalue weighted by Crippen LogP contribution is 2.32. The predicted octanol–water partition coefficient (Wildman–Crippen LogP) is 3.74. The Morgan fingerprint density at radius 3 is 2.86 bits per heavy atom. The maximum atomic E-state index is 12.6. The summed E-state index contributed by atoms with van der Waals surface area (Å²) >= 11 is 7.55. The highest BCUT2D eigenvalue weighted by atomic mass is 35.5. The van der Waals surface area contributed by atoms with Crippen LogP contribution in [0.15, 0.2) is 36.4 Å². The molecule has 22 heavy (non-hydrogen) atoms. The van der Waals surface area contributed by atoms with Crippen LogP contribution in [0.25, 0.3) is 10.4 Å². The zero-order chi connectivity index (χ0) is 15.7. The Labute approximate surface area is 139 Å². The van der Waals surface area contributed by atoms with Gasteiger partial charge >= 0.3 is 0 Å². The second kappa shape index (κ2) is 6.41. The number of thiophene rings is 1. The van der Waals surface area contributed by atoms with E-state index < -0.39 is 0 Å². The second-order valence-electron chi connectivity index (χ2n) is 5.86. The highest BCUT2D eigenvalue weighted by molar-refractivity contribution is 7.17. The lowest BCUT2D eigenvalue weighted by Gasteiger charge is -2.14. The molecule has 1 aromatic heterocycles. The van der Waals surface area contributed by atoms with Crippen molar-refractivity contribution in [1.29, 1.82) is 0 Å². The third-order valence-corrected chi connectivity index (χ3v) is 5.64. The molecule has 1 aromatic carbocycles. The molecule has 5 heteroatoms. The molecule has 2 N–H and O–H groups in total. The topological polar surface area (TPSA) is 46.3 Å². The normalized spacial score (nSPS) is 21.3. The number of carbonyl (C=O) groups is 1. The zero-order valence-corrected chi connectivity index (χ0v) is 14.0. The van der Waals surface area contributed by atoms with Crippen molar-refractivity contribution in [2.75, 3.05) is 19.6 Å². The molecule has 2 heterocycles. The molecular weight excluding hydrogens is 316 g/mol. The van der Waals surface area contributed by atoms with Crippen LogP contribution in [0.5, 0.6) is 0 Å². The molecule has 0 radical (unpaired) electrons. The molecular formula is C17H19ClN2OS. The first-order valence-corrected chi connectivity index (χ1v) is 8.63. The van der Waals surface area contributed by atoms with E-state index in [0.717, 1.165) is 28.4 Å². The SMILES string of the molecule is CC1CN(C(=O)c2ccc(-c3cccc(Cl)c3)s2)CC1CN. The highest BCUT2D eigenvalue weighted by Gasteiger charge is 2.32. The van der Waals surface area contributed by atoms with E-state index in [4.69, 9.17) is 17.3 Å². The molecule has 2 aromatic rings. The van der Waals surface area contributed by atoms with Crippen molar-refractivity contribution in [3.63, 3.8) is 0 Å². The van der Waals surface area contributed by atoms with Gasteiger partial charge in [-0.25, -0.2) is 0 Å². The van der Waals surface area contributed by atoms with Gasteiger partial charge in [-0.2, -0.15) is 0 Å². The summed E-state index contributed by atoms with van der Waals surface area (Å²) in [7, 11) is 0. The summed E-state index contributed by atoms with van der Waals surface area (Å²) in [5.74, 6) is 0.999. The molecule has 2 atom stereocenters. The maximum Gasteiger partial charge on any atom is 0.263 e.